The van der Waals surface area contributed by atoms with Crippen LogP contribution in [0, 0.1) is 12.8 Å². The van der Waals surface area contributed by atoms with Crippen molar-refractivity contribution in [1.29, 1.82) is 0 Å². The largest absolute Gasteiger partial charge is 0.348 e. The number of rotatable bonds is 4. The van der Waals surface area contributed by atoms with Gasteiger partial charge in [0.15, 0.2) is 0 Å². The Morgan fingerprint density at radius 1 is 1.50 bits per heavy atom. The maximum atomic E-state index is 12.3. The van der Waals surface area contributed by atoms with Gasteiger partial charge in [-0.15, -0.1) is 12.4 Å². The lowest BCUT2D eigenvalue weighted by atomic mass is 9.84. The van der Waals surface area contributed by atoms with E-state index in [4.69, 9.17) is 5.73 Å². The molecule has 0 aromatic carbocycles. The zero-order valence-corrected chi connectivity index (χ0v) is 13.1. The topological polar surface area (TPSA) is 72.9 Å². The van der Waals surface area contributed by atoms with Gasteiger partial charge in [-0.05, 0) is 25.7 Å². The van der Waals surface area contributed by atoms with Gasteiger partial charge in [0, 0.05) is 25.3 Å². The zero-order valence-electron chi connectivity index (χ0n) is 12.3. The third-order valence-corrected chi connectivity index (χ3v) is 4.27. The smallest absolute Gasteiger partial charge is 0.255 e. The molecule has 1 amide bonds. The summed E-state index contributed by atoms with van der Waals surface area (Å²) < 4.78 is 1.72. The number of aromatic nitrogens is 2. The summed E-state index contributed by atoms with van der Waals surface area (Å²) in [5, 5.41) is 7.20. The molecule has 1 aromatic rings. The van der Waals surface area contributed by atoms with Crippen molar-refractivity contribution in [2.45, 2.75) is 45.1 Å². The SMILES string of the molecule is Cc1c(C(=O)NC(CN)C2CCCCC2)cnn1C.Cl. The van der Waals surface area contributed by atoms with Crippen LogP contribution in [0.3, 0.4) is 0 Å². The first-order chi connectivity index (χ1) is 9.13. The van der Waals surface area contributed by atoms with Gasteiger partial charge in [0.1, 0.15) is 0 Å². The second kappa shape index (κ2) is 7.64. The van der Waals surface area contributed by atoms with Crippen molar-refractivity contribution in [3.63, 3.8) is 0 Å². The summed E-state index contributed by atoms with van der Waals surface area (Å²) >= 11 is 0. The second-order valence-corrected chi connectivity index (χ2v) is 5.48. The highest BCUT2D eigenvalue weighted by atomic mass is 35.5. The number of hydrogen-bond acceptors (Lipinski definition) is 3. The van der Waals surface area contributed by atoms with Gasteiger partial charge >= 0.3 is 0 Å². The molecule has 1 atom stereocenters. The molecule has 0 radical (unpaired) electrons. The molecular formula is C14H25ClN4O. The molecule has 2 rings (SSSR count). The first-order valence-corrected chi connectivity index (χ1v) is 7.13. The molecule has 0 bridgehead atoms. The van der Waals surface area contributed by atoms with Gasteiger partial charge in [0.25, 0.3) is 5.91 Å². The van der Waals surface area contributed by atoms with Crippen LogP contribution in [0.15, 0.2) is 6.20 Å². The first kappa shape index (κ1) is 17.0. The Hall–Kier alpha value is -1.07. The molecule has 6 heteroatoms. The quantitative estimate of drug-likeness (QED) is 0.890. The van der Waals surface area contributed by atoms with Gasteiger partial charge in [0.05, 0.1) is 11.8 Å². The van der Waals surface area contributed by atoms with Crippen LogP contribution in [-0.4, -0.2) is 28.3 Å². The first-order valence-electron chi connectivity index (χ1n) is 7.13. The van der Waals surface area contributed by atoms with Gasteiger partial charge in [0.2, 0.25) is 0 Å². The van der Waals surface area contributed by atoms with E-state index in [-0.39, 0.29) is 24.4 Å². The summed E-state index contributed by atoms with van der Waals surface area (Å²) in [4.78, 5) is 12.3. The van der Waals surface area contributed by atoms with E-state index in [2.05, 4.69) is 10.4 Å². The van der Waals surface area contributed by atoms with E-state index in [1.807, 2.05) is 14.0 Å². The summed E-state index contributed by atoms with van der Waals surface area (Å²) in [5.74, 6) is 0.478. The van der Waals surface area contributed by atoms with E-state index in [0.29, 0.717) is 18.0 Å². The van der Waals surface area contributed by atoms with E-state index < -0.39 is 0 Å². The van der Waals surface area contributed by atoms with Crippen LogP contribution >= 0.6 is 12.4 Å². The molecule has 0 spiro atoms. The third kappa shape index (κ3) is 3.73. The Morgan fingerprint density at radius 2 is 2.15 bits per heavy atom. The van der Waals surface area contributed by atoms with Crippen LogP contribution in [-0.2, 0) is 7.05 Å². The second-order valence-electron chi connectivity index (χ2n) is 5.48. The number of nitrogens with one attached hydrogen (secondary N) is 1. The number of aryl methyl sites for hydroxylation is 1. The Bertz CT molecular complexity index is 440. The Balaban J connectivity index is 0.00000200. The summed E-state index contributed by atoms with van der Waals surface area (Å²) in [6.07, 6.45) is 7.79. The molecule has 1 unspecified atom stereocenters. The predicted molar refractivity (Wildman–Crippen MR) is 82.1 cm³/mol. The minimum Gasteiger partial charge on any atom is -0.348 e. The van der Waals surface area contributed by atoms with E-state index in [1.165, 1.54) is 32.1 Å². The molecule has 5 nitrogen and oxygen atoms in total. The summed E-state index contributed by atoms with van der Waals surface area (Å²) in [5.41, 5.74) is 7.37. The van der Waals surface area contributed by atoms with Crippen molar-refractivity contribution in [3.05, 3.63) is 17.5 Å². The van der Waals surface area contributed by atoms with Crippen molar-refractivity contribution in [3.8, 4) is 0 Å². The van der Waals surface area contributed by atoms with Gasteiger partial charge in [-0.1, -0.05) is 19.3 Å². The highest BCUT2D eigenvalue weighted by Gasteiger charge is 2.25. The molecule has 1 saturated carbocycles. The lowest BCUT2D eigenvalue weighted by Gasteiger charge is -2.30. The highest BCUT2D eigenvalue weighted by Crippen LogP contribution is 2.26. The van der Waals surface area contributed by atoms with Gasteiger partial charge in [-0.2, -0.15) is 5.10 Å². The maximum absolute atomic E-state index is 12.3. The van der Waals surface area contributed by atoms with Crippen molar-refractivity contribution in [2.24, 2.45) is 18.7 Å². The number of hydrogen-bond donors (Lipinski definition) is 2. The van der Waals surface area contributed by atoms with Gasteiger partial charge in [-0.25, -0.2) is 0 Å². The van der Waals surface area contributed by atoms with Crippen LogP contribution in [0.1, 0.15) is 48.2 Å². The lowest BCUT2D eigenvalue weighted by Crippen LogP contribution is -2.46. The van der Waals surface area contributed by atoms with Crippen LogP contribution in [0.25, 0.3) is 0 Å². The molecule has 0 aliphatic heterocycles. The summed E-state index contributed by atoms with van der Waals surface area (Å²) in [7, 11) is 1.84. The zero-order chi connectivity index (χ0) is 13.8. The molecule has 114 valence electrons. The molecule has 1 aromatic heterocycles. The number of nitrogens with two attached hydrogens (primary N) is 1. The molecule has 1 heterocycles. The highest BCUT2D eigenvalue weighted by molar-refractivity contribution is 5.95. The molecule has 20 heavy (non-hydrogen) atoms. The number of amides is 1. The van der Waals surface area contributed by atoms with Crippen molar-refractivity contribution in [2.75, 3.05) is 6.54 Å². The standard InChI is InChI=1S/C14H24N4O.ClH/c1-10-12(9-16-18(10)2)14(19)17-13(8-15)11-6-4-3-5-7-11;/h9,11,13H,3-8,15H2,1-2H3,(H,17,19);1H. The number of carbonyl (C=O) groups is 1. The van der Waals surface area contributed by atoms with E-state index in [1.54, 1.807) is 10.9 Å². The summed E-state index contributed by atoms with van der Waals surface area (Å²) in [6, 6.07) is 0.0902. The third-order valence-electron chi connectivity index (χ3n) is 4.27. The van der Waals surface area contributed by atoms with E-state index in [9.17, 15) is 4.79 Å². The molecule has 3 N–H and O–H groups in total. The lowest BCUT2D eigenvalue weighted by molar-refractivity contribution is 0.0915. The van der Waals surface area contributed by atoms with E-state index in [0.717, 1.165) is 5.69 Å². The van der Waals surface area contributed by atoms with Crippen molar-refractivity contribution >= 4 is 18.3 Å². The molecule has 1 aliphatic rings. The van der Waals surface area contributed by atoms with Crippen LogP contribution in [0.5, 0.6) is 0 Å². The summed E-state index contributed by atoms with van der Waals surface area (Å²) in [6.45, 7) is 2.41. The fraction of sp³-hybridized carbons (Fsp3) is 0.714. The van der Waals surface area contributed by atoms with E-state index >= 15 is 0 Å². The van der Waals surface area contributed by atoms with Gasteiger partial charge < -0.3 is 11.1 Å². The average molecular weight is 301 g/mol. The monoisotopic (exact) mass is 300 g/mol. The minimum absolute atomic E-state index is 0. The molecule has 0 saturated heterocycles. The van der Waals surface area contributed by atoms with Crippen molar-refractivity contribution in [1.82, 2.24) is 15.1 Å². The van der Waals surface area contributed by atoms with Crippen LogP contribution in [0.2, 0.25) is 0 Å². The van der Waals surface area contributed by atoms with Crippen LogP contribution in [0.4, 0.5) is 0 Å². The fourth-order valence-electron chi connectivity index (χ4n) is 2.87. The predicted octanol–water partition coefficient (Wildman–Crippen LogP) is 1.79. The molecule has 1 aliphatic carbocycles. The van der Waals surface area contributed by atoms with Crippen molar-refractivity contribution < 1.29 is 4.79 Å². The number of nitrogens with zero attached hydrogens (tertiary/aromatic N) is 2. The molecular weight excluding hydrogens is 276 g/mol. The maximum Gasteiger partial charge on any atom is 0.255 e. The van der Waals surface area contributed by atoms with Crippen LogP contribution < -0.4 is 11.1 Å². The Morgan fingerprint density at radius 3 is 2.65 bits per heavy atom. The van der Waals surface area contributed by atoms with Gasteiger partial charge in [-0.3, -0.25) is 9.48 Å². The average Bonchev–Trinajstić information content (AvgIpc) is 2.77. The molecule has 1 fully saturated rings. The Labute approximate surface area is 126 Å². The number of carbonyl (C=O) groups excluding carboxylic acids is 1. The fourth-order valence-corrected chi connectivity index (χ4v) is 2.87. The minimum atomic E-state index is -0.0494. The normalized spacial score (nSPS) is 17.4. The Kier molecular flexibility index (Phi) is 6.49. The number of halogens is 1.